The number of pyridine rings is 1. The molecule has 2 aromatic heterocycles. The van der Waals surface area contributed by atoms with Crippen molar-refractivity contribution in [3.8, 4) is 56.5 Å². The summed E-state index contributed by atoms with van der Waals surface area (Å²) in [5, 5.41) is 7.89. The Hall–Kier alpha value is -7.04. The molecule has 0 saturated heterocycles. The van der Waals surface area contributed by atoms with E-state index in [9.17, 15) is 0 Å². The van der Waals surface area contributed by atoms with Gasteiger partial charge in [0, 0.05) is 27.6 Å². The summed E-state index contributed by atoms with van der Waals surface area (Å²) in [6.07, 6.45) is 0. The maximum atomic E-state index is 5.44. The first kappa shape index (κ1) is 29.8. The lowest BCUT2D eigenvalue weighted by Crippen LogP contribution is -2.02. The third kappa shape index (κ3) is 5.26. The summed E-state index contributed by atoms with van der Waals surface area (Å²) in [5.74, 6) is 1.80. The van der Waals surface area contributed by atoms with Gasteiger partial charge in [0.2, 0.25) is 0 Å². The summed E-state index contributed by atoms with van der Waals surface area (Å²) in [6, 6.07) is 63.4. The van der Waals surface area contributed by atoms with Crippen LogP contribution < -0.4 is 0 Å². The van der Waals surface area contributed by atoms with Gasteiger partial charge in [-0.1, -0.05) is 158 Å². The van der Waals surface area contributed by atoms with E-state index in [1.54, 1.807) is 0 Å². The maximum absolute atomic E-state index is 5.44. The average molecular weight is 663 g/mol. The fourth-order valence-electron chi connectivity index (χ4n) is 7.27. The summed E-state index contributed by atoms with van der Waals surface area (Å²) in [7, 11) is 0. The van der Waals surface area contributed by atoms with Gasteiger partial charge in [-0.3, -0.25) is 0 Å². The van der Waals surface area contributed by atoms with Crippen LogP contribution in [0.25, 0.3) is 99.8 Å². The molecule has 0 spiro atoms. The van der Waals surface area contributed by atoms with Crippen molar-refractivity contribution in [1.82, 2.24) is 19.9 Å². The van der Waals surface area contributed by atoms with E-state index in [1.165, 1.54) is 10.8 Å². The molecular formula is C48H30N4. The Labute approximate surface area is 300 Å². The Bertz CT molecular complexity index is 2860. The summed E-state index contributed by atoms with van der Waals surface area (Å²) < 4.78 is 0. The summed E-state index contributed by atoms with van der Waals surface area (Å²) >= 11 is 0. The third-order valence-electron chi connectivity index (χ3n) is 9.85. The summed E-state index contributed by atoms with van der Waals surface area (Å²) in [4.78, 5) is 21.1. The van der Waals surface area contributed by atoms with Crippen LogP contribution in [0.15, 0.2) is 182 Å². The molecule has 4 heteroatoms. The molecular weight excluding hydrogens is 633 g/mol. The van der Waals surface area contributed by atoms with Crippen LogP contribution in [0.2, 0.25) is 0 Å². The lowest BCUT2D eigenvalue weighted by atomic mass is 9.92. The second-order valence-corrected chi connectivity index (χ2v) is 13.1. The first-order valence-corrected chi connectivity index (χ1v) is 17.5. The molecule has 2 heterocycles. The van der Waals surface area contributed by atoms with Gasteiger partial charge in [0.1, 0.15) is 0 Å². The Morgan fingerprint density at radius 2 is 0.788 bits per heavy atom. The van der Waals surface area contributed by atoms with Crippen LogP contribution in [0.3, 0.4) is 0 Å². The van der Waals surface area contributed by atoms with E-state index in [2.05, 4.69) is 176 Å². The Morgan fingerprint density at radius 1 is 0.288 bits per heavy atom. The fourth-order valence-corrected chi connectivity index (χ4v) is 7.27. The molecule has 10 rings (SSSR count). The number of aromatic nitrogens is 4. The van der Waals surface area contributed by atoms with E-state index in [-0.39, 0.29) is 0 Å². The lowest BCUT2D eigenvalue weighted by Gasteiger charge is -2.16. The zero-order valence-electron chi connectivity index (χ0n) is 28.1. The minimum absolute atomic E-state index is 0.578. The van der Waals surface area contributed by atoms with Crippen molar-refractivity contribution in [2.45, 2.75) is 0 Å². The van der Waals surface area contributed by atoms with Gasteiger partial charge >= 0.3 is 0 Å². The molecule has 0 unspecified atom stereocenters. The van der Waals surface area contributed by atoms with Gasteiger partial charge in [-0.25, -0.2) is 19.9 Å². The van der Waals surface area contributed by atoms with Crippen molar-refractivity contribution >= 4 is 43.2 Å². The molecule has 0 aliphatic carbocycles. The zero-order chi connectivity index (χ0) is 34.4. The quantitative estimate of drug-likeness (QED) is 0.172. The van der Waals surface area contributed by atoms with Gasteiger partial charge in [0.15, 0.2) is 17.5 Å². The van der Waals surface area contributed by atoms with Gasteiger partial charge in [-0.15, -0.1) is 0 Å². The third-order valence-corrected chi connectivity index (χ3v) is 9.85. The van der Waals surface area contributed by atoms with Crippen molar-refractivity contribution in [1.29, 1.82) is 0 Å². The van der Waals surface area contributed by atoms with Crippen LogP contribution in [0.1, 0.15) is 0 Å². The smallest absolute Gasteiger partial charge is 0.166 e. The number of fused-ring (bicyclic) bond motifs is 5. The number of hydrogen-bond acceptors (Lipinski definition) is 4. The van der Waals surface area contributed by atoms with Gasteiger partial charge in [-0.05, 0) is 67.7 Å². The van der Waals surface area contributed by atoms with Crippen LogP contribution in [-0.4, -0.2) is 19.9 Å². The molecule has 10 aromatic rings. The largest absolute Gasteiger partial charge is 0.247 e. The van der Waals surface area contributed by atoms with Gasteiger partial charge in [0.05, 0.1) is 11.2 Å². The van der Waals surface area contributed by atoms with Crippen molar-refractivity contribution in [3.63, 3.8) is 0 Å². The predicted octanol–water partition coefficient (Wildman–Crippen LogP) is 12.2. The van der Waals surface area contributed by atoms with Crippen molar-refractivity contribution in [3.05, 3.63) is 182 Å². The zero-order valence-corrected chi connectivity index (χ0v) is 28.1. The number of rotatable bonds is 5. The highest BCUT2D eigenvalue weighted by atomic mass is 15.0. The van der Waals surface area contributed by atoms with Crippen molar-refractivity contribution in [2.75, 3.05) is 0 Å². The molecule has 0 fully saturated rings. The minimum atomic E-state index is 0.578. The van der Waals surface area contributed by atoms with Crippen LogP contribution in [0.4, 0.5) is 0 Å². The first-order valence-electron chi connectivity index (χ1n) is 17.5. The SMILES string of the molecule is c1ccc(-c2cc(-c3ccccc3)c3c(n2)c(-c2nc(-c4ccc5ccccc5c4)nc(-c4ccc5ccccc5c4)n2)cc2ccccc23)cc1. The molecule has 242 valence electrons. The Balaban J connectivity index is 1.30. The Kier molecular flexibility index (Phi) is 7.10. The number of benzene rings is 8. The molecule has 0 N–H and O–H groups in total. The monoisotopic (exact) mass is 662 g/mol. The molecule has 8 aromatic carbocycles. The second kappa shape index (κ2) is 12.4. The van der Waals surface area contributed by atoms with Crippen LogP contribution in [0.5, 0.6) is 0 Å². The number of hydrogen-bond donors (Lipinski definition) is 0. The molecule has 52 heavy (non-hydrogen) atoms. The highest BCUT2D eigenvalue weighted by Crippen LogP contribution is 2.41. The lowest BCUT2D eigenvalue weighted by molar-refractivity contribution is 1.08. The predicted molar refractivity (Wildman–Crippen MR) is 215 cm³/mol. The van der Waals surface area contributed by atoms with Crippen LogP contribution in [-0.2, 0) is 0 Å². The molecule has 0 bridgehead atoms. The minimum Gasteiger partial charge on any atom is -0.247 e. The van der Waals surface area contributed by atoms with E-state index >= 15 is 0 Å². The normalized spacial score (nSPS) is 11.5. The van der Waals surface area contributed by atoms with Gasteiger partial charge < -0.3 is 0 Å². The molecule has 0 saturated carbocycles. The summed E-state index contributed by atoms with van der Waals surface area (Å²) in [5.41, 5.74) is 7.73. The maximum Gasteiger partial charge on any atom is 0.166 e. The molecule has 0 radical (unpaired) electrons. The molecule has 0 amide bonds. The van der Waals surface area contributed by atoms with E-state index in [0.29, 0.717) is 17.5 Å². The van der Waals surface area contributed by atoms with E-state index < -0.39 is 0 Å². The standard InChI is InChI=1S/C48H30N4/c1-3-15-33(16-4-1)41-30-43(34-17-5-2-6-18-34)49-45-42(29-37-21-11-12-22-40(37)44(41)45)48-51-46(38-25-23-31-13-7-9-19-35(31)27-38)50-47(52-48)39-26-24-32-14-8-10-20-36(32)28-39/h1-30H. The first-order chi connectivity index (χ1) is 25.7. The van der Waals surface area contributed by atoms with Gasteiger partial charge in [-0.2, -0.15) is 0 Å². The molecule has 4 nitrogen and oxygen atoms in total. The van der Waals surface area contributed by atoms with E-state index in [1.807, 2.05) is 6.07 Å². The van der Waals surface area contributed by atoms with E-state index in [0.717, 1.165) is 71.5 Å². The summed E-state index contributed by atoms with van der Waals surface area (Å²) in [6.45, 7) is 0. The number of nitrogens with zero attached hydrogens (tertiary/aromatic N) is 4. The highest BCUT2D eigenvalue weighted by Gasteiger charge is 2.21. The van der Waals surface area contributed by atoms with Crippen LogP contribution >= 0.6 is 0 Å². The Morgan fingerprint density at radius 3 is 1.40 bits per heavy atom. The highest BCUT2D eigenvalue weighted by molar-refractivity contribution is 6.18. The van der Waals surface area contributed by atoms with Crippen molar-refractivity contribution in [2.24, 2.45) is 0 Å². The molecule has 0 atom stereocenters. The van der Waals surface area contributed by atoms with Crippen molar-refractivity contribution < 1.29 is 0 Å². The van der Waals surface area contributed by atoms with E-state index in [4.69, 9.17) is 19.9 Å². The topological polar surface area (TPSA) is 51.6 Å². The average Bonchev–Trinajstić information content (AvgIpc) is 3.23. The van der Waals surface area contributed by atoms with Crippen LogP contribution in [0, 0.1) is 0 Å². The molecule has 0 aliphatic heterocycles. The molecule has 0 aliphatic rings. The van der Waals surface area contributed by atoms with Gasteiger partial charge in [0.25, 0.3) is 0 Å². The fraction of sp³-hybridized carbons (Fsp3) is 0. The second-order valence-electron chi connectivity index (χ2n) is 13.1.